The SMILES string of the molecule is CC(=O)c1cc(Cl)c(C)cc1OCCCCOc1ccc(C=Cc2cccc3c(CCCC(=O)O)cn(CC(=O)O)c23)cc1. The molecule has 4 aromatic rings. The van der Waals surface area contributed by atoms with Crippen molar-refractivity contribution in [3.05, 3.63) is 93.6 Å². The lowest BCUT2D eigenvalue weighted by atomic mass is 10.0. The lowest BCUT2D eigenvalue weighted by Crippen LogP contribution is -2.07. The van der Waals surface area contributed by atoms with Gasteiger partial charge in [-0.1, -0.05) is 54.1 Å². The number of hydrogen-bond donors (Lipinski definition) is 2. The second kappa shape index (κ2) is 15.3. The van der Waals surface area contributed by atoms with Crippen molar-refractivity contribution in [2.75, 3.05) is 13.2 Å². The van der Waals surface area contributed by atoms with Gasteiger partial charge in [-0.25, -0.2) is 0 Å². The Labute approximate surface area is 261 Å². The van der Waals surface area contributed by atoms with Crippen molar-refractivity contribution in [2.45, 2.75) is 52.5 Å². The van der Waals surface area contributed by atoms with E-state index in [2.05, 4.69) is 0 Å². The van der Waals surface area contributed by atoms with Gasteiger partial charge in [-0.15, -0.1) is 0 Å². The Bertz CT molecular complexity index is 1670. The maximum atomic E-state index is 11.9. The van der Waals surface area contributed by atoms with E-state index in [9.17, 15) is 19.5 Å². The number of aryl methyl sites for hydroxylation is 2. The minimum absolute atomic E-state index is 0.0619. The molecule has 230 valence electrons. The van der Waals surface area contributed by atoms with Gasteiger partial charge in [0.1, 0.15) is 18.0 Å². The average molecular weight is 618 g/mol. The van der Waals surface area contributed by atoms with Crippen molar-refractivity contribution in [3.63, 3.8) is 0 Å². The predicted molar refractivity (Wildman–Crippen MR) is 172 cm³/mol. The van der Waals surface area contributed by atoms with Gasteiger partial charge in [0.05, 0.1) is 24.3 Å². The molecule has 0 atom stereocenters. The van der Waals surface area contributed by atoms with Crippen molar-refractivity contribution in [1.29, 1.82) is 0 Å². The molecule has 0 fully saturated rings. The van der Waals surface area contributed by atoms with Gasteiger partial charge in [0.2, 0.25) is 0 Å². The zero-order valence-corrected chi connectivity index (χ0v) is 25.6. The molecule has 2 N–H and O–H groups in total. The van der Waals surface area contributed by atoms with E-state index in [0.717, 1.165) is 51.7 Å². The van der Waals surface area contributed by atoms with E-state index in [0.29, 0.717) is 42.4 Å². The molecule has 0 unspecified atom stereocenters. The lowest BCUT2D eigenvalue weighted by Gasteiger charge is -2.12. The number of unbranched alkanes of at least 4 members (excludes halogenated alkanes) is 1. The minimum Gasteiger partial charge on any atom is -0.494 e. The van der Waals surface area contributed by atoms with Crippen LogP contribution in [-0.4, -0.2) is 45.7 Å². The molecule has 9 heteroatoms. The number of benzene rings is 3. The first-order valence-electron chi connectivity index (χ1n) is 14.5. The molecule has 4 rings (SSSR count). The number of rotatable bonds is 16. The van der Waals surface area contributed by atoms with Gasteiger partial charge in [-0.05, 0) is 86.1 Å². The number of ether oxygens (including phenoxy) is 2. The highest BCUT2D eigenvalue weighted by Crippen LogP contribution is 2.29. The Morgan fingerprint density at radius 3 is 2.32 bits per heavy atom. The molecule has 0 amide bonds. The second-order valence-corrected chi connectivity index (χ2v) is 11.0. The van der Waals surface area contributed by atoms with Crippen molar-refractivity contribution in [3.8, 4) is 11.5 Å². The minimum atomic E-state index is -0.945. The topological polar surface area (TPSA) is 115 Å². The van der Waals surface area contributed by atoms with Crippen LogP contribution < -0.4 is 9.47 Å². The smallest absolute Gasteiger partial charge is 0.323 e. The van der Waals surface area contributed by atoms with Gasteiger partial charge in [0.25, 0.3) is 0 Å². The van der Waals surface area contributed by atoms with E-state index in [1.165, 1.54) is 6.92 Å². The first-order chi connectivity index (χ1) is 21.1. The fraction of sp³-hybridized carbons (Fsp3) is 0.286. The molecule has 0 saturated heterocycles. The van der Waals surface area contributed by atoms with Crippen molar-refractivity contribution in [1.82, 2.24) is 4.57 Å². The van der Waals surface area contributed by atoms with E-state index >= 15 is 0 Å². The number of halogens is 1. The fourth-order valence-electron chi connectivity index (χ4n) is 4.98. The molecule has 1 heterocycles. The molecule has 0 spiro atoms. The molecule has 0 saturated carbocycles. The molecular weight excluding hydrogens is 582 g/mol. The highest BCUT2D eigenvalue weighted by molar-refractivity contribution is 6.31. The van der Waals surface area contributed by atoms with Crippen LogP contribution >= 0.6 is 11.6 Å². The standard InChI is InChI=1S/C35H36ClNO7/c1-23-19-32(30(24(2)38)20-31(23)36)44-18-4-3-17-43-28-15-12-25(13-16-28)11-14-26-7-5-9-29-27(8-6-10-33(39)40)21-37(35(26)29)22-34(41)42/h5,7,9,11-16,19-21H,3-4,6,8,10,17-18,22H2,1-2H3,(H,39,40)(H,41,42). The zero-order valence-electron chi connectivity index (χ0n) is 24.8. The number of carboxylic acids is 2. The van der Waals surface area contributed by atoms with E-state index in [-0.39, 0.29) is 18.7 Å². The summed E-state index contributed by atoms with van der Waals surface area (Å²) in [7, 11) is 0. The van der Waals surface area contributed by atoms with E-state index in [4.69, 9.17) is 26.2 Å². The highest BCUT2D eigenvalue weighted by Gasteiger charge is 2.14. The van der Waals surface area contributed by atoms with Gasteiger partial charge >= 0.3 is 11.9 Å². The number of ketones is 1. The van der Waals surface area contributed by atoms with Crippen molar-refractivity contribution >= 4 is 52.4 Å². The fourth-order valence-corrected chi connectivity index (χ4v) is 5.15. The van der Waals surface area contributed by atoms with E-state index in [1.54, 1.807) is 16.7 Å². The number of aromatic nitrogens is 1. The third kappa shape index (κ3) is 8.74. The van der Waals surface area contributed by atoms with Crippen molar-refractivity contribution in [2.24, 2.45) is 0 Å². The van der Waals surface area contributed by atoms with Crippen LogP contribution in [0.5, 0.6) is 11.5 Å². The Morgan fingerprint density at radius 1 is 0.909 bits per heavy atom. The Morgan fingerprint density at radius 2 is 1.64 bits per heavy atom. The third-order valence-electron chi connectivity index (χ3n) is 7.19. The van der Waals surface area contributed by atoms with Crippen LogP contribution in [0.2, 0.25) is 5.02 Å². The largest absolute Gasteiger partial charge is 0.494 e. The Hall–Kier alpha value is -4.56. The molecule has 0 aliphatic rings. The predicted octanol–water partition coefficient (Wildman–Crippen LogP) is 7.71. The van der Waals surface area contributed by atoms with Crippen LogP contribution in [0.4, 0.5) is 0 Å². The quantitative estimate of drug-likeness (QED) is 0.0751. The summed E-state index contributed by atoms with van der Waals surface area (Å²) in [6.07, 6.45) is 8.38. The summed E-state index contributed by atoms with van der Waals surface area (Å²) in [5.41, 5.74) is 4.92. The monoisotopic (exact) mass is 617 g/mol. The number of Topliss-reactive ketones (excluding diaryl/α,β-unsaturated/α-hetero) is 1. The number of carboxylic acid groups (broad SMARTS) is 2. The number of aliphatic carboxylic acids is 2. The molecule has 3 aromatic carbocycles. The molecule has 44 heavy (non-hydrogen) atoms. The molecule has 0 radical (unpaired) electrons. The van der Waals surface area contributed by atoms with E-state index < -0.39 is 11.9 Å². The first-order valence-corrected chi connectivity index (χ1v) is 14.9. The second-order valence-electron chi connectivity index (χ2n) is 10.6. The summed E-state index contributed by atoms with van der Waals surface area (Å²) in [6.45, 7) is 4.17. The summed E-state index contributed by atoms with van der Waals surface area (Å²) < 4.78 is 13.5. The Kier molecular flexibility index (Phi) is 11.2. The summed E-state index contributed by atoms with van der Waals surface area (Å²) in [4.78, 5) is 34.4. The molecule has 8 nitrogen and oxygen atoms in total. The normalized spacial score (nSPS) is 11.2. The number of carbonyl (C=O) groups is 3. The van der Waals surface area contributed by atoms with Gasteiger partial charge in [-0.3, -0.25) is 14.4 Å². The summed E-state index contributed by atoms with van der Waals surface area (Å²) >= 11 is 6.15. The first kappa shape index (κ1) is 32.4. The van der Waals surface area contributed by atoms with Crippen LogP contribution in [0.1, 0.15) is 65.2 Å². The number of para-hydroxylation sites is 1. The maximum absolute atomic E-state index is 11.9. The third-order valence-corrected chi connectivity index (χ3v) is 7.60. The van der Waals surface area contributed by atoms with Crippen LogP contribution in [0.3, 0.4) is 0 Å². The summed E-state index contributed by atoms with van der Waals surface area (Å²) in [5.74, 6) is -0.586. The maximum Gasteiger partial charge on any atom is 0.323 e. The van der Waals surface area contributed by atoms with Gasteiger partial charge < -0.3 is 24.3 Å². The lowest BCUT2D eigenvalue weighted by molar-refractivity contribution is -0.138. The number of carbonyl (C=O) groups excluding carboxylic acids is 1. The summed E-state index contributed by atoms with van der Waals surface area (Å²) in [6, 6.07) is 17.0. The highest BCUT2D eigenvalue weighted by atomic mass is 35.5. The molecule has 1 aromatic heterocycles. The van der Waals surface area contributed by atoms with Crippen LogP contribution in [-0.2, 0) is 22.6 Å². The van der Waals surface area contributed by atoms with Gasteiger partial charge in [-0.2, -0.15) is 0 Å². The van der Waals surface area contributed by atoms with Crippen LogP contribution in [0.25, 0.3) is 23.1 Å². The number of nitrogens with zero attached hydrogens (tertiary/aromatic N) is 1. The van der Waals surface area contributed by atoms with Crippen LogP contribution in [0.15, 0.2) is 60.8 Å². The zero-order chi connectivity index (χ0) is 31.6. The summed E-state index contributed by atoms with van der Waals surface area (Å²) in [5, 5.41) is 19.9. The van der Waals surface area contributed by atoms with Gasteiger partial charge in [0.15, 0.2) is 5.78 Å². The molecule has 0 aliphatic heterocycles. The molecule has 0 aliphatic carbocycles. The van der Waals surface area contributed by atoms with Crippen molar-refractivity contribution < 1.29 is 34.1 Å². The van der Waals surface area contributed by atoms with Crippen LogP contribution in [0, 0.1) is 6.92 Å². The number of fused-ring (bicyclic) bond motifs is 1. The van der Waals surface area contributed by atoms with Gasteiger partial charge in [0, 0.05) is 23.0 Å². The molecular formula is C35H36ClNO7. The number of hydrogen-bond acceptors (Lipinski definition) is 5. The Balaban J connectivity index is 1.33. The van der Waals surface area contributed by atoms with E-state index in [1.807, 2.05) is 67.7 Å². The average Bonchev–Trinajstić information content (AvgIpc) is 3.32. The molecule has 0 bridgehead atoms.